The molecular formula is C14H17N3O3. The fourth-order valence-corrected chi connectivity index (χ4v) is 1.97. The van der Waals surface area contributed by atoms with Crippen molar-refractivity contribution in [1.82, 2.24) is 9.13 Å². The lowest BCUT2D eigenvalue weighted by Gasteiger charge is -2.13. The third-order valence-corrected chi connectivity index (χ3v) is 3.19. The van der Waals surface area contributed by atoms with Gasteiger partial charge in [0.2, 0.25) is 0 Å². The van der Waals surface area contributed by atoms with Gasteiger partial charge in [0.05, 0.1) is 13.7 Å². The molecule has 0 fully saturated rings. The molecule has 1 aromatic heterocycles. The average molecular weight is 275 g/mol. The first-order valence-electron chi connectivity index (χ1n) is 6.19. The van der Waals surface area contributed by atoms with Gasteiger partial charge in [-0.1, -0.05) is 12.1 Å². The van der Waals surface area contributed by atoms with Gasteiger partial charge in [-0.15, -0.1) is 0 Å². The number of benzene rings is 1. The van der Waals surface area contributed by atoms with Crippen LogP contribution in [0.25, 0.3) is 0 Å². The van der Waals surface area contributed by atoms with E-state index in [0.717, 1.165) is 15.9 Å². The molecule has 1 heterocycles. The van der Waals surface area contributed by atoms with E-state index in [1.165, 1.54) is 17.7 Å². The van der Waals surface area contributed by atoms with Crippen LogP contribution in [0.1, 0.15) is 11.3 Å². The van der Waals surface area contributed by atoms with Crippen molar-refractivity contribution in [2.24, 2.45) is 12.8 Å². The topological polar surface area (TPSA) is 79.2 Å². The van der Waals surface area contributed by atoms with E-state index < -0.39 is 0 Å². The third-order valence-electron chi connectivity index (χ3n) is 3.19. The minimum atomic E-state index is -0.367. The van der Waals surface area contributed by atoms with Crippen LogP contribution >= 0.6 is 0 Å². The molecule has 2 aromatic rings. The predicted molar refractivity (Wildman–Crippen MR) is 75.9 cm³/mol. The molecule has 0 radical (unpaired) electrons. The summed E-state index contributed by atoms with van der Waals surface area (Å²) < 4.78 is 7.66. The van der Waals surface area contributed by atoms with Crippen molar-refractivity contribution in [2.75, 3.05) is 7.11 Å². The van der Waals surface area contributed by atoms with Crippen LogP contribution in [0.4, 0.5) is 0 Å². The van der Waals surface area contributed by atoms with Crippen LogP contribution in [0.15, 0.2) is 39.9 Å². The van der Waals surface area contributed by atoms with E-state index in [-0.39, 0.29) is 17.8 Å². The van der Waals surface area contributed by atoms with E-state index in [9.17, 15) is 9.59 Å². The van der Waals surface area contributed by atoms with Crippen molar-refractivity contribution < 1.29 is 4.74 Å². The molecular weight excluding hydrogens is 258 g/mol. The van der Waals surface area contributed by atoms with Gasteiger partial charge < -0.3 is 10.5 Å². The summed E-state index contributed by atoms with van der Waals surface area (Å²) >= 11 is 0. The van der Waals surface area contributed by atoms with E-state index in [2.05, 4.69) is 0 Å². The molecule has 0 aliphatic rings. The van der Waals surface area contributed by atoms with Gasteiger partial charge >= 0.3 is 5.69 Å². The molecule has 0 saturated heterocycles. The smallest absolute Gasteiger partial charge is 0.331 e. The van der Waals surface area contributed by atoms with Gasteiger partial charge in [0.1, 0.15) is 5.75 Å². The summed E-state index contributed by atoms with van der Waals surface area (Å²) in [6.07, 6.45) is 0. The Morgan fingerprint density at radius 1 is 1.20 bits per heavy atom. The van der Waals surface area contributed by atoms with Crippen LogP contribution in [0.5, 0.6) is 5.75 Å². The zero-order valence-electron chi connectivity index (χ0n) is 11.5. The second-order valence-corrected chi connectivity index (χ2v) is 4.45. The Labute approximate surface area is 116 Å². The number of nitrogens with zero attached hydrogens (tertiary/aromatic N) is 2. The quantitative estimate of drug-likeness (QED) is 0.856. The number of rotatable bonds is 4. The summed E-state index contributed by atoms with van der Waals surface area (Å²) in [6.45, 7) is 0.505. The molecule has 6 heteroatoms. The van der Waals surface area contributed by atoms with Gasteiger partial charge in [0.25, 0.3) is 5.56 Å². The van der Waals surface area contributed by atoms with Crippen molar-refractivity contribution in [3.8, 4) is 5.75 Å². The largest absolute Gasteiger partial charge is 0.497 e. The molecule has 20 heavy (non-hydrogen) atoms. The molecule has 0 amide bonds. The maximum atomic E-state index is 12.1. The molecule has 0 aliphatic carbocycles. The van der Waals surface area contributed by atoms with Gasteiger partial charge in [-0.3, -0.25) is 13.9 Å². The summed E-state index contributed by atoms with van der Waals surface area (Å²) in [7, 11) is 3.05. The first-order chi connectivity index (χ1) is 9.56. The number of aromatic nitrogens is 2. The highest BCUT2D eigenvalue weighted by Gasteiger charge is 2.08. The van der Waals surface area contributed by atoms with E-state index in [1.54, 1.807) is 7.11 Å². The van der Waals surface area contributed by atoms with E-state index in [1.807, 2.05) is 24.3 Å². The summed E-state index contributed by atoms with van der Waals surface area (Å²) in [6, 6.07) is 8.78. The second kappa shape index (κ2) is 5.75. The maximum Gasteiger partial charge on any atom is 0.331 e. The lowest BCUT2D eigenvalue weighted by molar-refractivity contribution is 0.414. The molecule has 1 aromatic carbocycles. The average Bonchev–Trinajstić information content (AvgIpc) is 2.48. The molecule has 106 valence electrons. The van der Waals surface area contributed by atoms with Crippen molar-refractivity contribution >= 4 is 0 Å². The number of nitrogens with two attached hydrogens (primary N) is 1. The molecule has 2 N–H and O–H groups in total. The highest BCUT2D eigenvalue weighted by Crippen LogP contribution is 2.12. The lowest BCUT2D eigenvalue weighted by atomic mass is 10.2. The minimum absolute atomic E-state index is 0.140. The van der Waals surface area contributed by atoms with Crippen LogP contribution in [-0.4, -0.2) is 16.2 Å². The Morgan fingerprint density at radius 3 is 2.40 bits per heavy atom. The number of hydrogen-bond acceptors (Lipinski definition) is 4. The number of hydrogen-bond donors (Lipinski definition) is 1. The number of methoxy groups -OCH3 is 1. The summed E-state index contributed by atoms with van der Waals surface area (Å²) in [5.74, 6) is 0.751. The Kier molecular flexibility index (Phi) is 4.05. The first kappa shape index (κ1) is 14.1. The third kappa shape index (κ3) is 2.65. The van der Waals surface area contributed by atoms with Crippen molar-refractivity contribution in [1.29, 1.82) is 0 Å². The molecule has 0 bridgehead atoms. The lowest BCUT2D eigenvalue weighted by Crippen LogP contribution is -2.40. The van der Waals surface area contributed by atoms with Gasteiger partial charge in [-0.25, -0.2) is 4.79 Å². The monoisotopic (exact) mass is 275 g/mol. The summed E-state index contributed by atoms with van der Waals surface area (Å²) in [5.41, 5.74) is 6.35. The van der Waals surface area contributed by atoms with Gasteiger partial charge in [-0.2, -0.15) is 0 Å². The van der Waals surface area contributed by atoms with E-state index in [0.29, 0.717) is 12.2 Å². The minimum Gasteiger partial charge on any atom is -0.497 e. The Bertz CT molecular complexity index is 714. The fourth-order valence-electron chi connectivity index (χ4n) is 1.97. The summed E-state index contributed by atoms with van der Waals surface area (Å²) in [5, 5.41) is 0. The van der Waals surface area contributed by atoms with Gasteiger partial charge in [0.15, 0.2) is 0 Å². The Morgan fingerprint density at radius 2 is 1.85 bits per heavy atom. The zero-order chi connectivity index (χ0) is 14.7. The highest BCUT2D eigenvalue weighted by atomic mass is 16.5. The maximum absolute atomic E-state index is 12.1. The van der Waals surface area contributed by atoms with Crippen LogP contribution < -0.4 is 21.7 Å². The normalized spacial score (nSPS) is 10.6. The SMILES string of the molecule is COc1ccc(Cn2c(CN)cc(=O)n(C)c2=O)cc1. The molecule has 0 aliphatic heterocycles. The standard InChI is InChI=1S/C14H17N3O3/c1-16-13(18)7-11(8-15)17(14(16)19)9-10-3-5-12(20-2)6-4-10/h3-7H,8-9,15H2,1-2H3. The molecule has 6 nitrogen and oxygen atoms in total. The predicted octanol–water partition coefficient (Wildman–Crippen LogP) is 0.0626. The van der Waals surface area contributed by atoms with Gasteiger partial charge in [0, 0.05) is 25.4 Å². The van der Waals surface area contributed by atoms with E-state index in [4.69, 9.17) is 10.5 Å². The Balaban J connectivity index is 2.44. The molecule has 0 unspecified atom stereocenters. The zero-order valence-corrected chi connectivity index (χ0v) is 11.5. The molecule has 0 atom stereocenters. The number of ether oxygens (including phenoxy) is 1. The van der Waals surface area contributed by atoms with Crippen LogP contribution in [0.3, 0.4) is 0 Å². The van der Waals surface area contributed by atoms with Crippen LogP contribution in [0, 0.1) is 0 Å². The van der Waals surface area contributed by atoms with Gasteiger partial charge in [-0.05, 0) is 17.7 Å². The Hall–Kier alpha value is -2.34. The molecule has 2 rings (SSSR count). The molecule has 0 saturated carbocycles. The van der Waals surface area contributed by atoms with Crippen LogP contribution in [0.2, 0.25) is 0 Å². The highest BCUT2D eigenvalue weighted by molar-refractivity contribution is 5.27. The van der Waals surface area contributed by atoms with Crippen LogP contribution in [-0.2, 0) is 20.1 Å². The molecule has 0 spiro atoms. The van der Waals surface area contributed by atoms with Crippen molar-refractivity contribution in [2.45, 2.75) is 13.1 Å². The van der Waals surface area contributed by atoms with Crippen molar-refractivity contribution in [3.63, 3.8) is 0 Å². The van der Waals surface area contributed by atoms with E-state index >= 15 is 0 Å². The van der Waals surface area contributed by atoms with Crippen molar-refractivity contribution in [3.05, 3.63) is 62.4 Å². The fraction of sp³-hybridized carbons (Fsp3) is 0.286. The first-order valence-corrected chi connectivity index (χ1v) is 6.19. The second-order valence-electron chi connectivity index (χ2n) is 4.45. The summed E-state index contributed by atoms with van der Waals surface area (Å²) in [4.78, 5) is 23.7.